The lowest BCUT2D eigenvalue weighted by Gasteiger charge is -2.12. The van der Waals surface area contributed by atoms with Crippen molar-refractivity contribution in [3.8, 4) is 0 Å². The summed E-state index contributed by atoms with van der Waals surface area (Å²) >= 11 is 0. The largest absolute Gasteiger partial charge is 0.481 e. The number of rotatable bonds is 6. The average molecular weight is 276 g/mol. The number of hydrogen-bond donors (Lipinski definition) is 2. The molecule has 0 spiro atoms. The fraction of sp³-hybridized carbons (Fsp3) is 0.467. The molecule has 20 heavy (non-hydrogen) atoms. The summed E-state index contributed by atoms with van der Waals surface area (Å²) in [5.41, 5.74) is 0.836. The Hall–Kier alpha value is -1.88. The van der Waals surface area contributed by atoms with Crippen molar-refractivity contribution >= 4 is 17.6 Å². The molecule has 0 aromatic heterocycles. The Morgan fingerprint density at radius 2 is 1.85 bits per heavy atom. The number of carbonyl (C=O) groups excluding carboxylic acids is 1. The van der Waals surface area contributed by atoms with Crippen LogP contribution in [0, 0.1) is 0 Å². The molecule has 0 radical (unpaired) electrons. The maximum atomic E-state index is 11.7. The lowest BCUT2D eigenvalue weighted by atomic mass is 9.96. The smallest absolute Gasteiger partial charge is 0.314 e. The predicted molar refractivity (Wildman–Crippen MR) is 76.8 cm³/mol. The number of anilines is 1. The Morgan fingerprint density at radius 1 is 1.25 bits per heavy atom. The highest BCUT2D eigenvalue weighted by molar-refractivity contribution is 5.91. The third-order valence-corrected chi connectivity index (χ3v) is 3.67. The van der Waals surface area contributed by atoms with Gasteiger partial charge in [0.25, 0.3) is 0 Å². The minimum Gasteiger partial charge on any atom is -0.481 e. The number of nitrogens with one attached hydrogen (secondary N) is 1. The molecule has 1 aliphatic rings. The number of carboxylic acid groups (broad SMARTS) is 1. The predicted octanol–water partition coefficient (Wildman–Crippen LogP) is 1.69. The van der Waals surface area contributed by atoms with E-state index in [1.165, 1.54) is 0 Å². The van der Waals surface area contributed by atoms with Crippen molar-refractivity contribution in [1.29, 1.82) is 0 Å². The summed E-state index contributed by atoms with van der Waals surface area (Å²) in [7, 11) is 3.84. The third kappa shape index (κ3) is 3.17. The highest BCUT2D eigenvalue weighted by atomic mass is 16.4. The fourth-order valence-electron chi connectivity index (χ4n) is 2.17. The van der Waals surface area contributed by atoms with Crippen LogP contribution in [-0.4, -0.2) is 42.5 Å². The highest BCUT2D eigenvalue weighted by Gasteiger charge is 2.51. The van der Waals surface area contributed by atoms with Gasteiger partial charge in [0.05, 0.1) is 5.41 Å². The van der Waals surface area contributed by atoms with Gasteiger partial charge in [0.2, 0.25) is 5.91 Å². The van der Waals surface area contributed by atoms with Gasteiger partial charge in [0, 0.05) is 18.7 Å². The number of nitrogens with zero attached hydrogens (tertiary/aromatic N) is 1. The molecule has 2 rings (SSSR count). The Kier molecular flexibility index (Phi) is 4.09. The van der Waals surface area contributed by atoms with Crippen LogP contribution in [0.5, 0.6) is 0 Å². The topological polar surface area (TPSA) is 69.6 Å². The van der Waals surface area contributed by atoms with E-state index in [9.17, 15) is 14.7 Å². The summed E-state index contributed by atoms with van der Waals surface area (Å²) < 4.78 is 0. The van der Waals surface area contributed by atoms with Gasteiger partial charge in [-0.1, -0.05) is 12.1 Å². The van der Waals surface area contributed by atoms with Gasteiger partial charge in [-0.3, -0.25) is 9.59 Å². The highest BCUT2D eigenvalue weighted by Crippen LogP contribution is 2.48. The zero-order valence-corrected chi connectivity index (χ0v) is 11.8. The van der Waals surface area contributed by atoms with Gasteiger partial charge >= 0.3 is 5.97 Å². The number of hydrogen-bond acceptors (Lipinski definition) is 3. The molecule has 0 atom stereocenters. The molecular weight excluding hydrogens is 256 g/mol. The van der Waals surface area contributed by atoms with Crippen molar-refractivity contribution in [2.45, 2.75) is 24.7 Å². The zero-order chi connectivity index (χ0) is 14.8. The summed E-state index contributed by atoms with van der Waals surface area (Å²) in [5.74, 6) is -0.800. The van der Waals surface area contributed by atoms with E-state index >= 15 is 0 Å². The van der Waals surface area contributed by atoms with Crippen LogP contribution in [0.15, 0.2) is 24.3 Å². The minimum atomic E-state index is -0.764. The maximum Gasteiger partial charge on any atom is 0.314 e. The molecule has 1 fully saturated rings. The molecule has 2 N–H and O–H groups in total. The van der Waals surface area contributed by atoms with E-state index in [0.29, 0.717) is 31.5 Å². The van der Waals surface area contributed by atoms with Crippen LogP contribution in [-0.2, 0) is 15.0 Å². The molecule has 0 saturated heterocycles. The van der Waals surface area contributed by atoms with Crippen LogP contribution >= 0.6 is 0 Å². The van der Waals surface area contributed by atoms with Crippen molar-refractivity contribution in [2.75, 3.05) is 26.0 Å². The second-order valence-corrected chi connectivity index (χ2v) is 5.57. The first-order chi connectivity index (χ1) is 9.44. The summed E-state index contributed by atoms with van der Waals surface area (Å²) in [6.45, 7) is 0.700. The van der Waals surface area contributed by atoms with Gasteiger partial charge < -0.3 is 15.3 Å². The molecule has 1 saturated carbocycles. The van der Waals surface area contributed by atoms with Crippen molar-refractivity contribution in [2.24, 2.45) is 0 Å². The molecule has 5 nitrogen and oxygen atoms in total. The summed E-state index contributed by atoms with van der Waals surface area (Å²) in [5, 5.41) is 12.0. The van der Waals surface area contributed by atoms with Gasteiger partial charge in [-0.15, -0.1) is 0 Å². The van der Waals surface area contributed by atoms with Gasteiger partial charge in [-0.05, 0) is 44.6 Å². The normalized spacial score (nSPS) is 15.9. The number of carboxylic acids is 1. The molecule has 1 aromatic rings. The van der Waals surface area contributed by atoms with Crippen molar-refractivity contribution in [1.82, 2.24) is 4.90 Å². The first kappa shape index (κ1) is 14.5. The van der Waals surface area contributed by atoms with E-state index in [0.717, 1.165) is 5.56 Å². The second kappa shape index (κ2) is 5.63. The average Bonchev–Trinajstić information content (AvgIpc) is 3.19. The minimum absolute atomic E-state index is 0.0363. The molecule has 5 heteroatoms. The first-order valence-electron chi connectivity index (χ1n) is 6.72. The number of benzene rings is 1. The summed E-state index contributed by atoms with van der Waals surface area (Å²) in [6, 6.07) is 7.13. The van der Waals surface area contributed by atoms with E-state index in [2.05, 4.69) is 5.32 Å². The number of amides is 1. The second-order valence-electron chi connectivity index (χ2n) is 5.57. The number of aliphatic carboxylic acids is 1. The van der Waals surface area contributed by atoms with Crippen LogP contribution in [0.4, 0.5) is 5.69 Å². The molecular formula is C15H20N2O3. The van der Waals surface area contributed by atoms with Crippen LogP contribution in [0.1, 0.15) is 24.8 Å². The molecule has 0 bridgehead atoms. The van der Waals surface area contributed by atoms with Gasteiger partial charge in [0.1, 0.15) is 0 Å². The first-order valence-corrected chi connectivity index (χ1v) is 6.72. The standard InChI is InChI=1S/C15H20N2O3/c1-17(2)10-7-13(18)16-12-5-3-11(4-6-12)15(8-9-15)14(19)20/h3-6H,7-10H2,1-2H3,(H,16,18)(H,19,20). The van der Waals surface area contributed by atoms with Crippen molar-refractivity contribution in [3.05, 3.63) is 29.8 Å². The molecule has 0 unspecified atom stereocenters. The molecule has 0 heterocycles. The van der Waals surface area contributed by atoms with Crippen molar-refractivity contribution in [3.63, 3.8) is 0 Å². The van der Waals surface area contributed by atoms with E-state index < -0.39 is 11.4 Å². The third-order valence-electron chi connectivity index (χ3n) is 3.67. The quantitative estimate of drug-likeness (QED) is 0.829. The van der Waals surface area contributed by atoms with Crippen molar-refractivity contribution < 1.29 is 14.7 Å². The zero-order valence-electron chi connectivity index (χ0n) is 11.8. The molecule has 1 aromatic carbocycles. The van der Waals surface area contributed by atoms with Crippen LogP contribution in [0.2, 0.25) is 0 Å². The van der Waals surface area contributed by atoms with Crippen LogP contribution in [0.3, 0.4) is 0 Å². The molecule has 108 valence electrons. The van der Waals surface area contributed by atoms with Crippen LogP contribution < -0.4 is 5.32 Å². The van der Waals surface area contributed by atoms with Crippen LogP contribution in [0.25, 0.3) is 0 Å². The molecule has 0 aliphatic heterocycles. The van der Waals surface area contributed by atoms with Gasteiger partial charge in [-0.2, -0.15) is 0 Å². The number of carbonyl (C=O) groups is 2. The Labute approximate surface area is 118 Å². The Bertz CT molecular complexity index is 504. The maximum absolute atomic E-state index is 11.7. The lowest BCUT2D eigenvalue weighted by molar-refractivity contribution is -0.140. The van der Waals surface area contributed by atoms with E-state index in [-0.39, 0.29) is 5.91 Å². The monoisotopic (exact) mass is 276 g/mol. The molecule has 1 aliphatic carbocycles. The summed E-state index contributed by atoms with van der Waals surface area (Å²) in [6.07, 6.45) is 1.82. The van der Waals surface area contributed by atoms with Gasteiger partial charge in [-0.25, -0.2) is 0 Å². The summed E-state index contributed by atoms with van der Waals surface area (Å²) in [4.78, 5) is 24.9. The molecule has 1 amide bonds. The Morgan fingerprint density at radius 3 is 2.30 bits per heavy atom. The van der Waals surface area contributed by atoms with E-state index in [1.54, 1.807) is 24.3 Å². The van der Waals surface area contributed by atoms with Gasteiger partial charge in [0.15, 0.2) is 0 Å². The lowest BCUT2D eigenvalue weighted by Crippen LogP contribution is -2.21. The van der Waals surface area contributed by atoms with E-state index in [1.807, 2.05) is 19.0 Å². The SMILES string of the molecule is CN(C)CCC(=O)Nc1ccc(C2(C(=O)O)CC2)cc1. The van der Waals surface area contributed by atoms with E-state index in [4.69, 9.17) is 0 Å². The fourth-order valence-corrected chi connectivity index (χ4v) is 2.17. The Balaban J connectivity index is 1.95.